The molecule has 1 heterocycles. The minimum absolute atomic E-state index is 0.0150. The Morgan fingerprint density at radius 1 is 1.12 bits per heavy atom. The first kappa shape index (κ1) is 11.7. The molecule has 3 heteroatoms. The van der Waals surface area contributed by atoms with E-state index in [1.165, 1.54) is 0 Å². The van der Waals surface area contributed by atoms with E-state index in [2.05, 4.69) is 25.9 Å². The number of hydrogen-bond donors (Lipinski definition) is 1. The van der Waals surface area contributed by atoms with Crippen molar-refractivity contribution in [2.24, 2.45) is 0 Å². The zero-order valence-corrected chi connectivity index (χ0v) is 10.7. The van der Waals surface area contributed by atoms with E-state index in [1.807, 2.05) is 41.9 Å². The molecule has 0 saturated heterocycles. The van der Waals surface area contributed by atoms with Crippen LogP contribution in [-0.4, -0.2) is 9.78 Å². The van der Waals surface area contributed by atoms with Crippen molar-refractivity contribution in [3.05, 3.63) is 46.2 Å². The smallest absolute Gasteiger partial charge is 0.267 e. The van der Waals surface area contributed by atoms with Crippen molar-refractivity contribution in [3.8, 4) is 11.3 Å². The summed E-state index contributed by atoms with van der Waals surface area (Å²) in [5, 5.41) is 2.91. The quantitative estimate of drug-likeness (QED) is 0.803. The zero-order valence-electron chi connectivity index (χ0n) is 10.7. The van der Waals surface area contributed by atoms with Gasteiger partial charge in [-0.25, -0.2) is 0 Å². The van der Waals surface area contributed by atoms with Gasteiger partial charge in [-0.15, -0.1) is 0 Å². The van der Waals surface area contributed by atoms with Crippen molar-refractivity contribution in [1.82, 2.24) is 9.78 Å². The first-order chi connectivity index (χ1) is 7.91. The Labute approximate surface area is 101 Å². The maximum Gasteiger partial charge on any atom is 0.267 e. The van der Waals surface area contributed by atoms with Gasteiger partial charge in [-0.1, -0.05) is 30.3 Å². The van der Waals surface area contributed by atoms with Crippen LogP contribution >= 0.6 is 0 Å². The summed E-state index contributed by atoms with van der Waals surface area (Å²) in [7, 11) is 0. The van der Waals surface area contributed by atoms with E-state index in [1.54, 1.807) is 0 Å². The molecule has 1 aromatic carbocycles. The maximum absolute atomic E-state index is 11.8. The highest BCUT2D eigenvalue weighted by Gasteiger charge is 2.21. The minimum atomic E-state index is -0.140. The maximum atomic E-state index is 11.8. The van der Waals surface area contributed by atoms with Crippen LogP contribution in [0.25, 0.3) is 11.3 Å². The summed E-state index contributed by atoms with van der Waals surface area (Å²) >= 11 is 0. The van der Waals surface area contributed by atoms with Crippen LogP contribution in [0.5, 0.6) is 0 Å². The van der Waals surface area contributed by atoms with Gasteiger partial charge in [0.05, 0.1) is 11.2 Å². The second kappa shape index (κ2) is 3.91. The van der Waals surface area contributed by atoms with E-state index in [0.29, 0.717) is 0 Å². The van der Waals surface area contributed by atoms with Gasteiger partial charge in [0.15, 0.2) is 0 Å². The van der Waals surface area contributed by atoms with E-state index in [0.717, 1.165) is 16.8 Å². The van der Waals surface area contributed by atoms with Gasteiger partial charge in [0, 0.05) is 11.1 Å². The number of hydrogen-bond acceptors (Lipinski definition) is 1. The zero-order chi connectivity index (χ0) is 12.6. The summed E-state index contributed by atoms with van der Waals surface area (Å²) in [5.41, 5.74) is 2.66. The lowest BCUT2D eigenvalue weighted by molar-refractivity contribution is 0.358. The Hall–Kier alpha value is -1.77. The molecule has 0 radical (unpaired) electrons. The highest BCUT2D eigenvalue weighted by Crippen LogP contribution is 2.26. The molecule has 3 nitrogen and oxygen atoms in total. The highest BCUT2D eigenvalue weighted by molar-refractivity contribution is 5.63. The minimum Gasteiger partial charge on any atom is -0.279 e. The molecule has 90 valence electrons. The molecule has 0 saturated carbocycles. The van der Waals surface area contributed by atoms with Crippen molar-refractivity contribution in [1.29, 1.82) is 0 Å². The van der Waals surface area contributed by atoms with Crippen molar-refractivity contribution in [3.63, 3.8) is 0 Å². The van der Waals surface area contributed by atoms with Gasteiger partial charge in [-0.2, -0.15) is 0 Å². The lowest BCUT2D eigenvalue weighted by Crippen LogP contribution is -2.25. The number of aromatic amines is 1. The fraction of sp³-hybridized carbons (Fsp3) is 0.357. The molecule has 0 aliphatic carbocycles. The summed E-state index contributed by atoms with van der Waals surface area (Å²) in [4.78, 5) is 11.8. The van der Waals surface area contributed by atoms with Crippen LogP contribution in [0.15, 0.2) is 35.1 Å². The highest BCUT2D eigenvalue weighted by atomic mass is 16.1. The number of rotatable bonds is 1. The molecular formula is C14H18N2O. The molecule has 0 bridgehead atoms. The average molecular weight is 230 g/mol. The van der Waals surface area contributed by atoms with Crippen LogP contribution in [0.3, 0.4) is 0 Å². The van der Waals surface area contributed by atoms with Crippen LogP contribution in [0, 0.1) is 6.92 Å². The van der Waals surface area contributed by atoms with E-state index in [4.69, 9.17) is 0 Å². The van der Waals surface area contributed by atoms with E-state index in [9.17, 15) is 4.79 Å². The van der Waals surface area contributed by atoms with Gasteiger partial charge in [-0.3, -0.25) is 14.6 Å². The second-order valence-corrected chi connectivity index (χ2v) is 5.29. The third-order valence-electron chi connectivity index (χ3n) is 2.85. The summed E-state index contributed by atoms with van der Waals surface area (Å²) in [6.45, 7) is 8.10. The number of nitrogens with zero attached hydrogens (tertiary/aromatic N) is 1. The fourth-order valence-electron chi connectivity index (χ4n) is 1.96. The Kier molecular flexibility index (Phi) is 2.69. The first-order valence-corrected chi connectivity index (χ1v) is 5.79. The van der Waals surface area contributed by atoms with Crippen LogP contribution in [0.1, 0.15) is 26.3 Å². The van der Waals surface area contributed by atoms with Gasteiger partial charge in [0.2, 0.25) is 0 Å². The SMILES string of the molecule is Cc1c(-c2ccccc2)n(C(C)(C)C)[nH]c1=O. The molecule has 1 N–H and O–H groups in total. The van der Waals surface area contributed by atoms with Crippen LogP contribution in [0.4, 0.5) is 0 Å². The second-order valence-electron chi connectivity index (χ2n) is 5.29. The molecule has 0 spiro atoms. The Morgan fingerprint density at radius 2 is 1.71 bits per heavy atom. The number of aromatic nitrogens is 2. The van der Waals surface area contributed by atoms with Crippen LogP contribution in [0.2, 0.25) is 0 Å². The average Bonchev–Trinajstić information content (AvgIpc) is 2.57. The van der Waals surface area contributed by atoms with Gasteiger partial charge >= 0.3 is 0 Å². The van der Waals surface area contributed by atoms with Gasteiger partial charge in [-0.05, 0) is 27.7 Å². The van der Waals surface area contributed by atoms with Crippen molar-refractivity contribution in [2.45, 2.75) is 33.2 Å². The Morgan fingerprint density at radius 3 is 2.24 bits per heavy atom. The van der Waals surface area contributed by atoms with Gasteiger partial charge in [0.25, 0.3) is 5.56 Å². The molecule has 2 aromatic rings. The summed E-state index contributed by atoms with van der Waals surface area (Å²) in [5.74, 6) is 0. The topological polar surface area (TPSA) is 37.8 Å². The third-order valence-corrected chi connectivity index (χ3v) is 2.85. The Bertz CT molecular complexity index is 571. The molecule has 0 aliphatic rings. The number of H-pyrrole nitrogens is 1. The lowest BCUT2D eigenvalue weighted by atomic mass is 10.0. The fourth-order valence-corrected chi connectivity index (χ4v) is 1.96. The molecule has 17 heavy (non-hydrogen) atoms. The standard InChI is InChI=1S/C14H18N2O/c1-10-12(11-8-6-5-7-9-11)16(14(2,3)4)15-13(10)17/h5-9H,1-4H3,(H,15,17). The summed E-state index contributed by atoms with van der Waals surface area (Å²) < 4.78 is 1.94. The van der Waals surface area contributed by atoms with Crippen LogP contribution in [-0.2, 0) is 5.54 Å². The number of nitrogens with one attached hydrogen (secondary N) is 1. The molecule has 0 fully saturated rings. The first-order valence-electron chi connectivity index (χ1n) is 5.79. The molecule has 0 atom stereocenters. The molecule has 0 aliphatic heterocycles. The lowest BCUT2D eigenvalue weighted by Gasteiger charge is -2.23. The molecule has 0 amide bonds. The van der Waals surface area contributed by atoms with E-state index in [-0.39, 0.29) is 11.1 Å². The third kappa shape index (κ3) is 2.05. The Balaban J connectivity index is 2.73. The monoisotopic (exact) mass is 230 g/mol. The molecule has 2 rings (SSSR count). The van der Waals surface area contributed by atoms with Crippen molar-refractivity contribution in [2.75, 3.05) is 0 Å². The van der Waals surface area contributed by atoms with Crippen molar-refractivity contribution < 1.29 is 0 Å². The van der Waals surface area contributed by atoms with E-state index >= 15 is 0 Å². The van der Waals surface area contributed by atoms with Gasteiger partial charge < -0.3 is 0 Å². The predicted octanol–water partition coefficient (Wildman–Crippen LogP) is 2.91. The normalized spacial score (nSPS) is 11.8. The summed E-state index contributed by atoms with van der Waals surface area (Å²) in [6.07, 6.45) is 0. The van der Waals surface area contributed by atoms with Crippen LogP contribution < -0.4 is 5.56 Å². The van der Waals surface area contributed by atoms with Crippen molar-refractivity contribution >= 4 is 0 Å². The largest absolute Gasteiger partial charge is 0.279 e. The molecule has 0 unspecified atom stereocenters. The number of benzene rings is 1. The molecule has 1 aromatic heterocycles. The van der Waals surface area contributed by atoms with Gasteiger partial charge in [0.1, 0.15) is 0 Å². The predicted molar refractivity (Wildman–Crippen MR) is 70.2 cm³/mol. The molecular weight excluding hydrogens is 212 g/mol. The van der Waals surface area contributed by atoms with E-state index < -0.39 is 0 Å². The summed E-state index contributed by atoms with van der Waals surface area (Å²) in [6, 6.07) is 10.00.